The molecule has 0 aromatic heterocycles. The van der Waals surface area contributed by atoms with Gasteiger partial charge in [-0.2, -0.15) is 0 Å². The van der Waals surface area contributed by atoms with Crippen molar-refractivity contribution in [2.45, 2.75) is 46.1 Å². The summed E-state index contributed by atoms with van der Waals surface area (Å²) in [5, 5.41) is 3.50. The van der Waals surface area contributed by atoms with Gasteiger partial charge in [0.25, 0.3) is 0 Å². The van der Waals surface area contributed by atoms with Crippen LogP contribution in [0.15, 0.2) is 12.1 Å². The zero-order chi connectivity index (χ0) is 14.6. The lowest BCUT2D eigenvalue weighted by molar-refractivity contribution is 0.367. The van der Waals surface area contributed by atoms with Gasteiger partial charge in [0.1, 0.15) is 11.5 Å². The molecular weight excluding hydrogens is 238 g/mol. The largest absolute Gasteiger partial charge is 0.496 e. The zero-order valence-corrected chi connectivity index (χ0v) is 13.3. The van der Waals surface area contributed by atoms with Crippen LogP contribution in [0.3, 0.4) is 0 Å². The van der Waals surface area contributed by atoms with E-state index in [2.05, 4.69) is 39.1 Å². The smallest absolute Gasteiger partial charge is 0.129 e. The third-order valence-electron chi connectivity index (χ3n) is 3.46. The minimum absolute atomic E-state index is 0.00659. The number of methoxy groups -OCH3 is 2. The average molecular weight is 265 g/mol. The maximum atomic E-state index is 5.60. The maximum Gasteiger partial charge on any atom is 0.129 e. The molecule has 0 atom stereocenters. The molecule has 0 heterocycles. The van der Waals surface area contributed by atoms with Gasteiger partial charge >= 0.3 is 0 Å². The van der Waals surface area contributed by atoms with Crippen LogP contribution in [0.1, 0.15) is 38.8 Å². The second-order valence-electron chi connectivity index (χ2n) is 5.89. The van der Waals surface area contributed by atoms with Crippen molar-refractivity contribution in [1.82, 2.24) is 5.32 Å². The van der Waals surface area contributed by atoms with Crippen LogP contribution in [0, 0.1) is 6.92 Å². The van der Waals surface area contributed by atoms with Crippen LogP contribution in [0.4, 0.5) is 0 Å². The molecule has 0 aliphatic rings. The van der Waals surface area contributed by atoms with Gasteiger partial charge < -0.3 is 14.8 Å². The highest BCUT2D eigenvalue weighted by Crippen LogP contribution is 2.38. The predicted octanol–water partition coefficient (Wildman–Crippen LogP) is 3.29. The molecule has 3 nitrogen and oxygen atoms in total. The quantitative estimate of drug-likeness (QED) is 0.856. The molecular formula is C16H27NO2. The molecule has 1 aromatic rings. The number of hydrogen-bond acceptors (Lipinski definition) is 3. The van der Waals surface area contributed by atoms with E-state index < -0.39 is 0 Å². The Morgan fingerprint density at radius 1 is 1.16 bits per heavy atom. The van der Waals surface area contributed by atoms with Gasteiger partial charge in [-0.05, 0) is 13.0 Å². The Balaban J connectivity index is 3.15. The Kier molecular flexibility index (Phi) is 5.24. The number of hydrogen-bond donors (Lipinski definition) is 1. The zero-order valence-electron chi connectivity index (χ0n) is 13.3. The van der Waals surface area contributed by atoms with Gasteiger partial charge in [0.2, 0.25) is 0 Å². The molecule has 19 heavy (non-hydrogen) atoms. The van der Waals surface area contributed by atoms with Crippen LogP contribution in [0.5, 0.6) is 11.5 Å². The Morgan fingerprint density at radius 2 is 1.79 bits per heavy atom. The summed E-state index contributed by atoms with van der Waals surface area (Å²) in [6, 6.07) is 4.60. The molecule has 0 radical (unpaired) electrons. The number of rotatable bonds is 6. The molecule has 0 saturated carbocycles. The molecule has 0 aliphatic carbocycles. The molecule has 0 fully saturated rings. The SMILES string of the molecule is COc1ccc(C(C)(C)CNC(C)C)c(OC)c1C. The average Bonchev–Trinajstić information content (AvgIpc) is 2.36. The lowest BCUT2D eigenvalue weighted by atomic mass is 9.82. The molecule has 0 spiro atoms. The Morgan fingerprint density at radius 3 is 2.26 bits per heavy atom. The van der Waals surface area contributed by atoms with Gasteiger partial charge in [-0.3, -0.25) is 0 Å². The van der Waals surface area contributed by atoms with Gasteiger partial charge in [-0.25, -0.2) is 0 Å². The van der Waals surface area contributed by atoms with Crippen molar-refractivity contribution in [3.63, 3.8) is 0 Å². The minimum Gasteiger partial charge on any atom is -0.496 e. The van der Waals surface area contributed by atoms with E-state index in [1.807, 2.05) is 13.0 Å². The first kappa shape index (κ1) is 15.8. The van der Waals surface area contributed by atoms with Crippen molar-refractivity contribution >= 4 is 0 Å². The van der Waals surface area contributed by atoms with E-state index in [-0.39, 0.29) is 5.41 Å². The number of nitrogens with one attached hydrogen (secondary N) is 1. The molecule has 0 bridgehead atoms. The molecule has 1 aromatic carbocycles. The second kappa shape index (κ2) is 6.29. The van der Waals surface area contributed by atoms with Gasteiger partial charge in [-0.1, -0.05) is 33.8 Å². The molecule has 0 saturated heterocycles. The van der Waals surface area contributed by atoms with E-state index in [4.69, 9.17) is 9.47 Å². The van der Waals surface area contributed by atoms with E-state index in [1.54, 1.807) is 14.2 Å². The van der Waals surface area contributed by atoms with Crippen molar-refractivity contribution < 1.29 is 9.47 Å². The molecule has 0 unspecified atom stereocenters. The summed E-state index contributed by atoms with van der Waals surface area (Å²) < 4.78 is 11.0. The van der Waals surface area contributed by atoms with E-state index >= 15 is 0 Å². The monoisotopic (exact) mass is 265 g/mol. The fourth-order valence-corrected chi connectivity index (χ4v) is 2.25. The standard InChI is InChI=1S/C16H27NO2/c1-11(2)17-10-16(4,5)13-8-9-14(18-6)12(3)15(13)19-7/h8-9,11,17H,10H2,1-7H3. The van der Waals surface area contributed by atoms with Crippen molar-refractivity contribution in [1.29, 1.82) is 0 Å². The Labute approximate surface area is 117 Å². The van der Waals surface area contributed by atoms with Gasteiger partial charge in [-0.15, -0.1) is 0 Å². The first-order chi connectivity index (χ1) is 8.83. The molecule has 3 heteroatoms. The molecule has 1 N–H and O–H groups in total. The van der Waals surface area contributed by atoms with Crippen LogP contribution in [-0.4, -0.2) is 26.8 Å². The van der Waals surface area contributed by atoms with E-state index in [0.717, 1.165) is 23.6 Å². The van der Waals surface area contributed by atoms with Gasteiger partial charge in [0.05, 0.1) is 14.2 Å². The Hall–Kier alpha value is -1.22. The highest BCUT2D eigenvalue weighted by Gasteiger charge is 2.26. The van der Waals surface area contributed by atoms with Crippen molar-refractivity contribution in [3.05, 3.63) is 23.3 Å². The fraction of sp³-hybridized carbons (Fsp3) is 0.625. The van der Waals surface area contributed by atoms with Crippen molar-refractivity contribution in [2.24, 2.45) is 0 Å². The van der Waals surface area contributed by atoms with Gasteiger partial charge in [0, 0.05) is 29.1 Å². The lowest BCUT2D eigenvalue weighted by Crippen LogP contribution is -2.37. The predicted molar refractivity (Wildman–Crippen MR) is 80.4 cm³/mol. The summed E-state index contributed by atoms with van der Waals surface area (Å²) in [7, 11) is 3.41. The summed E-state index contributed by atoms with van der Waals surface area (Å²) in [4.78, 5) is 0. The number of benzene rings is 1. The lowest BCUT2D eigenvalue weighted by Gasteiger charge is -2.29. The van der Waals surface area contributed by atoms with Gasteiger partial charge in [0.15, 0.2) is 0 Å². The summed E-state index contributed by atoms with van der Waals surface area (Å²) in [6.07, 6.45) is 0. The summed E-state index contributed by atoms with van der Waals surface area (Å²) in [5.41, 5.74) is 2.27. The topological polar surface area (TPSA) is 30.5 Å². The van der Waals surface area contributed by atoms with E-state index in [1.165, 1.54) is 5.56 Å². The van der Waals surface area contributed by atoms with Crippen LogP contribution in [-0.2, 0) is 5.41 Å². The van der Waals surface area contributed by atoms with E-state index in [0.29, 0.717) is 6.04 Å². The number of ether oxygens (including phenoxy) is 2. The summed E-state index contributed by atoms with van der Waals surface area (Å²) in [5.74, 6) is 1.79. The highest BCUT2D eigenvalue weighted by atomic mass is 16.5. The highest BCUT2D eigenvalue weighted by molar-refractivity contribution is 5.52. The van der Waals surface area contributed by atoms with Crippen molar-refractivity contribution in [3.8, 4) is 11.5 Å². The summed E-state index contributed by atoms with van der Waals surface area (Å²) >= 11 is 0. The minimum atomic E-state index is 0.00659. The normalized spacial score (nSPS) is 11.8. The molecule has 108 valence electrons. The maximum absolute atomic E-state index is 5.60. The third kappa shape index (κ3) is 3.63. The summed E-state index contributed by atoms with van der Waals surface area (Å²) in [6.45, 7) is 11.7. The Bertz CT molecular complexity index is 425. The fourth-order valence-electron chi connectivity index (χ4n) is 2.25. The molecule has 0 amide bonds. The first-order valence-corrected chi connectivity index (χ1v) is 6.79. The first-order valence-electron chi connectivity index (χ1n) is 6.79. The molecule has 1 rings (SSSR count). The van der Waals surface area contributed by atoms with Crippen molar-refractivity contribution in [2.75, 3.05) is 20.8 Å². The molecule has 0 aliphatic heterocycles. The van der Waals surface area contributed by atoms with Crippen LogP contribution < -0.4 is 14.8 Å². The van der Waals surface area contributed by atoms with Crippen LogP contribution >= 0.6 is 0 Å². The van der Waals surface area contributed by atoms with Crippen LogP contribution in [0.2, 0.25) is 0 Å². The van der Waals surface area contributed by atoms with E-state index in [9.17, 15) is 0 Å². The second-order valence-corrected chi connectivity index (χ2v) is 5.89. The van der Waals surface area contributed by atoms with Crippen LogP contribution in [0.25, 0.3) is 0 Å². The third-order valence-corrected chi connectivity index (χ3v) is 3.46.